The van der Waals surface area contributed by atoms with E-state index in [0.717, 1.165) is 25.1 Å². The maximum Gasteiger partial charge on any atom is 0.313 e. The number of carboxylic acid groups (broad SMARTS) is 1. The first-order valence-electron chi connectivity index (χ1n) is 6.96. The van der Waals surface area contributed by atoms with Crippen LogP contribution < -0.4 is 0 Å². The minimum Gasteiger partial charge on any atom is -0.481 e. The summed E-state index contributed by atoms with van der Waals surface area (Å²) in [6.07, 6.45) is 3.06. The quantitative estimate of drug-likeness (QED) is 0.878. The van der Waals surface area contributed by atoms with Gasteiger partial charge in [0.1, 0.15) is 0 Å². The molecule has 5 nitrogen and oxygen atoms in total. The second-order valence-corrected chi connectivity index (χ2v) is 6.21. The molecular weight excluding hydrogens is 286 g/mol. The summed E-state index contributed by atoms with van der Waals surface area (Å²) in [5.74, 6) is 0.334. The first-order chi connectivity index (χ1) is 10.1. The molecule has 3 rings (SSSR count). The van der Waals surface area contributed by atoms with Crippen molar-refractivity contribution in [3.8, 4) is 0 Å². The molecule has 1 unspecified atom stereocenters. The maximum absolute atomic E-state index is 10.7. The van der Waals surface area contributed by atoms with E-state index >= 15 is 0 Å². The number of fused-ring (bicyclic) bond motifs is 1. The van der Waals surface area contributed by atoms with E-state index in [0.29, 0.717) is 11.1 Å². The van der Waals surface area contributed by atoms with Crippen molar-refractivity contribution in [3.05, 3.63) is 41.2 Å². The Hall–Kier alpha value is -1.82. The van der Waals surface area contributed by atoms with Crippen molar-refractivity contribution in [2.75, 3.05) is 5.75 Å². The maximum atomic E-state index is 10.7. The molecule has 0 spiro atoms. The van der Waals surface area contributed by atoms with E-state index in [1.165, 1.54) is 22.9 Å². The number of aryl methyl sites for hydroxylation is 2. The summed E-state index contributed by atoms with van der Waals surface area (Å²) < 4.78 is 1.68. The fourth-order valence-electron chi connectivity index (χ4n) is 2.73. The third-order valence-electron chi connectivity index (χ3n) is 3.78. The first kappa shape index (κ1) is 14.1. The van der Waals surface area contributed by atoms with Crippen molar-refractivity contribution in [1.29, 1.82) is 0 Å². The van der Waals surface area contributed by atoms with Crippen LogP contribution in [0.25, 0.3) is 0 Å². The van der Waals surface area contributed by atoms with Crippen LogP contribution in [0.3, 0.4) is 0 Å². The number of carboxylic acids is 1. The fraction of sp³-hybridized carbons (Fsp3) is 0.400. The fourth-order valence-corrected chi connectivity index (χ4v) is 3.37. The molecule has 0 amide bonds. The van der Waals surface area contributed by atoms with Crippen LogP contribution >= 0.6 is 11.8 Å². The van der Waals surface area contributed by atoms with E-state index in [-0.39, 0.29) is 5.75 Å². The SMILES string of the molecule is Cn1nc(C2CCc3ccccc3C2)nc1SCC(=O)O. The molecule has 0 saturated carbocycles. The van der Waals surface area contributed by atoms with Crippen molar-refractivity contribution in [2.24, 2.45) is 7.05 Å². The lowest BCUT2D eigenvalue weighted by Crippen LogP contribution is -2.14. The zero-order valence-electron chi connectivity index (χ0n) is 11.8. The average Bonchev–Trinajstić information content (AvgIpc) is 2.86. The molecule has 1 heterocycles. The minimum atomic E-state index is -0.837. The van der Waals surface area contributed by atoms with Crippen LogP contribution in [0.2, 0.25) is 0 Å². The number of carbonyl (C=O) groups is 1. The summed E-state index contributed by atoms with van der Waals surface area (Å²) in [7, 11) is 1.82. The number of hydrogen-bond donors (Lipinski definition) is 1. The number of nitrogens with zero attached hydrogens (tertiary/aromatic N) is 3. The van der Waals surface area contributed by atoms with Gasteiger partial charge in [-0.1, -0.05) is 36.0 Å². The zero-order chi connectivity index (χ0) is 14.8. The summed E-state index contributed by atoms with van der Waals surface area (Å²) in [5, 5.41) is 13.9. The molecule has 1 aromatic heterocycles. The van der Waals surface area contributed by atoms with Gasteiger partial charge in [-0.2, -0.15) is 5.10 Å². The highest BCUT2D eigenvalue weighted by Gasteiger charge is 2.24. The Morgan fingerprint density at radius 2 is 2.19 bits per heavy atom. The second-order valence-electron chi connectivity index (χ2n) is 5.27. The van der Waals surface area contributed by atoms with E-state index in [1.54, 1.807) is 4.68 Å². The normalized spacial score (nSPS) is 17.5. The molecule has 0 saturated heterocycles. The third kappa shape index (κ3) is 3.10. The number of aromatic nitrogens is 3. The standard InChI is InChI=1S/C15H17N3O2S/c1-18-15(21-9-13(19)20)16-14(17-18)12-7-6-10-4-2-3-5-11(10)8-12/h2-5,12H,6-9H2,1H3,(H,19,20). The molecule has 0 bridgehead atoms. The smallest absolute Gasteiger partial charge is 0.313 e. The van der Waals surface area contributed by atoms with Gasteiger partial charge in [-0.15, -0.1) is 0 Å². The highest BCUT2D eigenvalue weighted by molar-refractivity contribution is 7.99. The van der Waals surface area contributed by atoms with E-state index in [9.17, 15) is 4.79 Å². The summed E-state index contributed by atoms with van der Waals surface area (Å²) in [5.41, 5.74) is 2.80. The Morgan fingerprint density at radius 3 is 2.95 bits per heavy atom. The monoisotopic (exact) mass is 303 g/mol. The largest absolute Gasteiger partial charge is 0.481 e. The van der Waals surface area contributed by atoms with Crippen molar-refractivity contribution in [1.82, 2.24) is 14.8 Å². The predicted octanol–water partition coefficient (Wildman–Crippen LogP) is 2.26. The molecule has 21 heavy (non-hydrogen) atoms. The second kappa shape index (κ2) is 5.89. The average molecular weight is 303 g/mol. The molecule has 0 fully saturated rings. The van der Waals surface area contributed by atoms with Crippen LogP contribution in [0, 0.1) is 0 Å². The first-order valence-corrected chi connectivity index (χ1v) is 7.94. The molecule has 110 valence electrons. The van der Waals surface area contributed by atoms with Gasteiger partial charge in [0, 0.05) is 13.0 Å². The summed E-state index contributed by atoms with van der Waals surface area (Å²) in [6.45, 7) is 0. The lowest BCUT2D eigenvalue weighted by molar-refractivity contribution is -0.133. The summed E-state index contributed by atoms with van der Waals surface area (Å²) in [6, 6.07) is 8.51. The minimum absolute atomic E-state index is 0.0134. The molecular formula is C15H17N3O2S. The van der Waals surface area contributed by atoms with Crippen LogP contribution in [0.15, 0.2) is 29.4 Å². The number of rotatable bonds is 4. The molecule has 1 aromatic carbocycles. The van der Waals surface area contributed by atoms with Crippen molar-refractivity contribution < 1.29 is 9.90 Å². The van der Waals surface area contributed by atoms with Crippen LogP contribution in [0.5, 0.6) is 0 Å². The van der Waals surface area contributed by atoms with E-state index in [4.69, 9.17) is 5.11 Å². The zero-order valence-corrected chi connectivity index (χ0v) is 12.6. The van der Waals surface area contributed by atoms with Gasteiger partial charge in [-0.25, -0.2) is 9.67 Å². The third-order valence-corrected chi connectivity index (χ3v) is 4.78. The van der Waals surface area contributed by atoms with E-state index in [2.05, 4.69) is 34.3 Å². The van der Waals surface area contributed by atoms with Gasteiger partial charge < -0.3 is 5.11 Å². The summed E-state index contributed by atoms with van der Waals surface area (Å²) >= 11 is 1.22. The molecule has 2 aromatic rings. The van der Waals surface area contributed by atoms with Gasteiger partial charge in [0.05, 0.1) is 5.75 Å². The summed E-state index contributed by atoms with van der Waals surface area (Å²) in [4.78, 5) is 15.2. The van der Waals surface area contributed by atoms with Crippen LogP contribution in [0.1, 0.15) is 29.3 Å². The van der Waals surface area contributed by atoms with Crippen molar-refractivity contribution >= 4 is 17.7 Å². The number of thioether (sulfide) groups is 1. The van der Waals surface area contributed by atoms with Crippen LogP contribution in [-0.2, 0) is 24.7 Å². The van der Waals surface area contributed by atoms with Crippen molar-refractivity contribution in [3.63, 3.8) is 0 Å². The topological polar surface area (TPSA) is 68.0 Å². The highest BCUT2D eigenvalue weighted by Crippen LogP contribution is 2.31. The Bertz CT molecular complexity index is 669. The Kier molecular flexibility index (Phi) is 3.96. The van der Waals surface area contributed by atoms with Gasteiger partial charge in [0.2, 0.25) is 0 Å². The predicted molar refractivity (Wildman–Crippen MR) is 80.6 cm³/mol. The lowest BCUT2D eigenvalue weighted by Gasteiger charge is -2.22. The highest BCUT2D eigenvalue weighted by atomic mass is 32.2. The molecule has 1 N–H and O–H groups in total. The van der Waals surface area contributed by atoms with Gasteiger partial charge in [-0.3, -0.25) is 4.79 Å². The number of hydrogen-bond acceptors (Lipinski definition) is 4. The van der Waals surface area contributed by atoms with Gasteiger partial charge in [0.15, 0.2) is 11.0 Å². The Labute approximate surface area is 127 Å². The number of benzene rings is 1. The van der Waals surface area contributed by atoms with Crippen molar-refractivity contribution in [2.45, 2.75) is 30.3 Å². The van der Waals surface area contributed by atoms with Gasteiger partial charge >= 0.3 is 5.97 Å². The van der Waals surface area contributed by atoms with Crippen LogP contribution in [-0.4, -0.2) is 31.6 Å². The van der Waals surface area contributed by atoms with Gasteiger partial charge in [-0.05, 0) is 30.4 Å². The Morgan fingerprint density at radius 1 is 1.43 bits per heavy atom. The molecule has 6 heteroatoms. The van der Waals surface area contributed by atoms with E-state index in [1.807, 2.05) is 7.05 Å². The molecule has 1 aliphatic carbocycles. The molecule has 1 atom stereocenters. The molecule has 1 aliphatic rings. The molecule has 0 aliphatic heterocycles. The Balaban J connectivity index is 1.76. The van der Waals surface area contributed by atoms with Gasteiger partial charge in [0.25, 0.3) is 0 Å². The molecule has 0 radical (unpaired) electrons. The lowest BCUT2D eigenvalue weighted by atomic mass is 9.83. The van der Waals surface area contributed by atoms with Crippen LogP contribution in [0.4, 0.5) is 0 Å². The number of aliphatic carboxylic acids is 1. The van der Waals surface area contributed by atoms with E-state index < -0.39 is 5.97 Å².